The van der Waals surface area contributed by atoms with Gasteiger partial charge in [0, 0.05) is 0 Å². The molecule has 0 radical (unpaired) electrons. The number of benzene rings is 1. The Morgan fingerprint density at radius 3 is 2.73 bits per heavy atom. The summed E-state index contributed by atoms with van der Waals surface area (Å²) in [5.41, 5.74) is 6.71. The lowest BCUT2D eigenvalue weighted by molar-refractivity contribution is 0.0698. The average Bonchev–Trinajstić information content (AvgIpc) is 3.31. The van der Waals surface area contributed by atoms with Gasteiger partial charge in [0.15, 0.2) is 0 Å². The first-order chi connectivity index (χ1) is 10.5. The number of nitrogens with zero attached hydrogens (tertiary/aromatic N) is 1. The Hall–Kier alpha value is -2.89. The highest BCUT2D eigenvalue weighted by atomic mass is 16.4. The van der Waals surface area contributed by atoms with Gasteiger partial charge in [-0.15, -0.1) is 0 Å². The summed E-state index contributed by atoms with van der Waals surface area (Å²) in [5.74, 6) is -0.881. The number of rotatable bonds is 2. The molecule has 0 aliphatic heterocycles. The minimum atomic E-state index is -1.22. The van der Waals surface area contributed by atoms with Crippen LogP contribution in [0, 0.1) is 0 Å². The highest BCUT2D eigenvalue weighted by Crippen LogP contribution is 2.40. The first-order valence-corrected chi connectivity index (χ1v) is 6.95. The zero-order valence-corrected chi connectivity index (χ0v) is 11.5. The molecule has 1 saturated carbocycles. The van der Waals surface area contributed by atoms with Crippen LogP contribution >= 0.6 is 0 Å². The van der Waals surface area contributed by atoms with E-state index < -0.39 is 5.97 Å². The van der Waals surface area contributed by atoms with Crippen molar-refractivity contribution in [1.29, 1.82) is 0 Å². The number of aromatic nitrogens is 1. The summed E-state index contributed by atoms with van der Waals surface area (Å²) in [6.45, 7) is 0. The Bertz CT molecular complexity index is 1000. The predicted molar refractivity (Wildman–Crippen MR) is 81.1 cm³/mol. The molecule has 110 valence electrons. The van der Waals surface area contributed by atoms with Crippen LogP contribution in [0.25, 0.3) is 22.1 Å². The van der Waals surface area contributed by atoms with Crippen molar-refractivity contribution in [2.45, 2.75) is 18.8 Å². The van der Waals surface area contributed by atoms with Gasteiger partial charge >= 0.3 is 5.97 Å². The molecule has 0 amide bonds. The molecule has 6 heteroatoms. The fourth-order valence-corrected chi connectivity index (χ4v) is 2.66. The molecule has 1 fully saturated rings. The molecule has 3 aromatic rings. The van der Waals surface area contributed by atoms with Crippen LogP contribution in [0.15, 0.2) is 33.5 Å². The van der Waals surface area contributed by atoms with E-state index in [1.165, 1.54) is 6.07 Å². The summed E-state index contributed by atoms with van der Waals surface area (Å²) in [7, 11) is 0. The summed E-state index contributed by atoms with van der Waals surface area (Å²) < 4.78 is 5.61. The molecule has 0 atom stereocenters. The van der Waals surface area contributed by atoms with Gasteiger partial charge < -0.3 is 15.3 Å². The fourth-order valence-electron chi connectivity index (χ4n) is 2.66. The second-order valence-corrected chi connectivity index (χ2v) is 5.54. The van der Waals surface area contributed by atoms with Crippen LogP contribution in [0.4, 0.5) is 5.82 Å². The number of carbonyl (C=O) groups is 1. The normalized spacial score (nSPS) is 14.5. The third kappa shape index (κ3) is 1.84. The van der Waals surface area contributed by atoms with Crippen molar-refractivity contribution in [2.24, 2.45) is 0 Å². The molecule has 0 spiro atoms. The number of anilines is 1. The monoisotopic (exact) mass is 296 g/mol. The molecule has 3 N–H and O–H groups in total. The van der Waals surface area contributed by atoms with E-state index in [0.29, 0.717) is 16.9 Å². The molecular formula is C16H12N2O4. The number of nitrogens with two attached hydrogens (primary N) is 1. The maximum absolute atomic E-state index is 12.6. The summed E-state index contributed by atoms with van der Waals surface area (Å²) in [5, 5.41) is 9.68. The van der Waals surface area contributed by atoms with E-state index >= 15 is 0 Å². The lowest BCUT2D eigenvalue weighted by atomic mass is 10.1. The zero-order chi connectivity index (χ0) is 15.4. The van der Waals surface area contributed by atoms with Crippen molar-refractivity contribution in [3.05, 3.63) is 45.6 Å². The molecule has 1 aliphatic rings. The molecule has 6 nitrogen and oxygen atoms in total. The first-order valence-electron chi connectivity index (χ1n) is 6.95. The molecule has 4 rings (SSSR count). The molecule has 2 heterocycles. The van der Waals surface area contributed by atoms with Gasteiger partial charge in [0.2, 0.25) is 11.1 Å². The molecule has 0 saturated heterocycles. The molecular weight excluding hydrogens is 284 g/mol. The quantitative estimate of drug-likeness (QED) is 0.704. The molecule has 2 aromatic heterocycles. The Morgan fingerprint density at radius 1 is 1.27 bits per heavy atom. The van der Waals surface area contributed by atoms with E-state index in [4.69, 9.17) is 15.3 Å². The molecule has 1 aliphatic carbocycles. The Balaban J connectivity index is 2.07. The molecule has 0 unspecified atom stereocenters. The molecule has 22 heavy (non-hydrogen) atoms. The van der Waals surface area contributed by atoms with Crippen LogP contribution in [0.3, 0.4) is 0 Å². The van der Waals surface area contributed by atoms with Gasteiger partial charge in [0.25, 0.3) is 0 Å². The smallest absolute Gasteiger partial charge is 0.339 e. The van der Waals surface area contributed by atoms with Crippen molar-refractivity contribution in [2.75, 3.05) is 5.73 Å². The predicted octanol–water partition coefficient (Wildman–Crippen LogP) is 2.50. The van der Waals surface area contributed by atoms with E-state index in [1.54, 1.807) is 6.07 Å². The lowest BCUT2D eigenvalue weighted by Crippen LogP contribution is -2.09. The Labute approximate surface area is 124 Å². The summed E-state index contributed by atoms with van der Waals surface area (Å²) in [6, 6.07) is 6.76. The SMILES string of the molecule is Nc1nc2oc3ccc(C4CC4)cc3c(=O)c2cc1C(=O)O. The number of nitrogen functional groups attached to an aromatic ring is 1. The van der Waals surface area contributed by atoms with Gasteiger partial charge in [0.1, 0.15) is 17.0 Å². The fraction of sp³-hybridized carbons (Fsp3) is 0.188. The third-order valence-corrected chi connectivity index (χ3v) is 4.00. The first kappa shape index (κ1) is 12.8. The van der Waals surface area contributed by atoms with Crippen LogP contribution in [0.2, 0.25) is 0 Å². The maximum Gasteiger partial charge on any atom is 0.339 e. The summed E-state index contributed by atoms with van der Waals surface area (Å²) >= 11 is 0. The number of pyridine rings is 1. The topological polar surface area (TPSA) is 106 Å². The minimum Gasteiger partial charge on any atom is -0.478 e. The van der Waals surface area contributed by atoms with Crippen LogP contribution in [0.5, 0.6) is 0 Å². The van der Waals surface area contributed by atoms with Crippen LogP contribution < -0.4 is 11.2 Å². The van der Waals surface area contributed by atoms with Gasteiger partial charge in [-0.3, -0.25) is 4.79 Å². The van der Waals surface area contributed by atoms with E-state index in [1.807, 2.05) is 12.1 Å². The third-order valence-electron chi connectivity index (χ3n) is 4.00. The van der Waals surface area contributed by atoms with Gasteiger partial charge in [-0.25, -0.2) is 4.79 Å². The van der Waals surface area contributed by atoms with E-state index in [9.17, 15) is 9.59 Å². The standard InChI is InChI=1S/C16H12N2O4/c17-14-11(16(20)21)6-10-13(19)9-5-8(7-1-2-7)3-4-12(9)22-15(10)18-14/h3-7H,1-2H2,(H2,17,18)(H,20,21). The van der Waals surface area contributed by atoms with E-state index in [2.05, 4.69) is 4.98 Å². The van der Waals surface area contributed by atoms with Crippen LogP contribution in [-0.4, -0.2) is 16.1 Å². The largest absolute Gasteiger partial charge is 0.478 e. The van der Waals surface area contributed by atoms with E-state index in [-0.39, 0.29) is 27.9 Å². The lowest BCUT2D eigenvalue weighted by Gasteiger charge is -2.05. The highest BCUT2D eigenvalue weighted by Gasteiger charge is 2.24. The van der Waals surface area contributed by atoms with Gasteiger partial charge in [0.05, 0.1) is 10.8 Å². The second-order valence-electron chi connectivity index (χ2n) is 5.54. The summed E-state index contributed by atoms with van der Waals surface area (Å²) in [6.07, 6.45) is 2.26. The van der Waals surface area contributed by atoms with Gasteiger partial charge in [-0.1, -0.05) is 6.07 Å². The molecule has 0 bridgehead atoms. The molecule has 1 aromatic carbocycles. The number of fused-ring (bicyclic) bond motifs is 2. The summed E-state index contributed by atoms with van der Waals surface area (Å²) in [4.78, 5) is 27.7. The van der Waals surface area contributed by atoms with E-state index in [0.717, 1.165) is 18.4 Å². The van der Waals surface area contributed by atoms with Crippen molar-refractivity contribution >= 4 is 33.9 Å². The van der Waals surface area contributed by atoms with Crippen LogP contribution in [-0.2, 0) is 0 Å². The Morgan fingerprint density at radius 2 is 2.05 bits per heavy atom. The minimum absolute atomic E-state index is 0.0548. The number of hydrogen-bond donors (Lipinski definition) is 2. The highest BCUT2D eigenvalue weighted by molar-refractivity contribution is 5.98. The van der Waals surface area contributed by atoms with Gasteiger partial charge in [-0.05, 0) is 42.5 Å². The number of hydrogen-bond acceptors (Lipinski definition) is 5. The zero-order valence-electron chi connectivity index (χ0n) is 11.5. The number of carboxylic acid groups (broad SMARTS) is 1. The number of carboxylic acids is 1. The van der Waals surface area contributed by atoms with Crippen molar-refractivity contribution < 1.29 is 14.3 Å². The Kier molecular flexibility index (Phi) is 2.51. The van der Waals surface area contributed by atoms with Crippen molar-refractivity contribution in [1.82, 2.24) is 4.98 Å². The van der Waals surface area contributed by atoms with Crippen LogP contribution in [0.1, 0.15) is 34.7 Å². The second kappa shape index (κ2) is 4.30. The average molecular weight is 296 g/mol. The van der Waals surface area contributed by atoms with Crippen molar-refractivity contribution in [3.63, 3.8) is 0 Å². The van der Waals surface area contributed by atoms with Crippen molar-refractivity contribution in [3.8, 4) is 0 Å². The maximum atomic E-state index is 12.6. The number of aromatic carboxylic acids is 1. The van der Waals surface area contributed by atoms with Gasteiger partial charge in [-0.2, -0.15) is 4.98 Å².